The lowest BCUT2D eigenvalue weighted by atomic mass is 10.3. The van der Waals surface area contributed by atoms with E-state index in [0.29, 0.717) is 19.0 Å². The molecule has 2 rings (SSSR count). The van der Waals surface area contributed by atoms with Gasteiger partial charge in [-0.25, -0.2) is 14.8 Å². The standard InChI is InChI=1S/C13H18ClN5O/c1-9-4-5-10-12(16-9)19(11(8-14)17-10)7-6-15-13(20)18(2)3/h4-5H,6-8H2,1-3H3,(H,15,20). The molecular formula is C13H18ClN5O. The van der Waals surface area contributed by atoms with E-state index in [9.17, 15) is 4.79 Å². The number of alkyl halides is 1. The fourth-order valence-electron chi connectivity index (χ4n) is 1.91. The van der Waals surface area contributed by atoms with E-state index in [1.807, 2.05) is 23.6 Å². The van der Waals surface area contributed by atoms with Crippen LogP contribution in [0.25, 0.3) is 11.2 Å². The molecule has 0 bridgehead atoms. The van der Waals surface area contributed by atoms with Crippen LogP contribution in [0.2, 0.25) is 0 Å². The van der Waals surface area contributed by atoms with Gasteiger partial charge in [-0.2, -0.15) is 0 Å². The van der Waals surface area contributed by atoms with Crippen LogP contribution in [-0.2, 0) is 12.4 Å². The number of hydrogen-bond donors (Lipinski definition) is 1. The minimum Gasteiger partial charge on any atom is -0.336 e. The number of fused-ring (bicyclic) bond motifs is 1. The number of aromatic nitrogens is 3. The molecule has 0 aliphatic heterocycles. The van der Waals surface area contributed by atoms with E-state index in [0.717, 1.165) is 22.7 Å². The first-order valence-corrected chi connectivity index (χ1v) is 6.90. The van der Waals surface area contributed by atoms with Crippen LogP contribution in [0.15, 0.2) is 12.1 Å². The molecular weight excluding hydrogens is 278 g/mol. The van der Waals surface area contributed by atoms with Crippen molar-refractivity contribution in [2.45, 2.75) is 19.3 Å². The number of halogens is 1. The minimum atomic E-state index is -0.119. The highest BCUT2D eigenvalue weighted by Crippen LogP contribution is 2.16. The Bertz CT molecular complexity index is 622. The second kappa shape index (κ2) is 6.09. The number of carbonyl (C=O) groups excluding carboxylic acids is 1. The second-order valence-electron chi connectivity index (χ2n) is 4.74. The van der Waals surface area contributed by atoms with E-state index in [1.165, 1.54) is 4.90 Å². The van der Waals surface area contributed by atoms with Gasteiger partial charge in [0, 0.05) is 32.9 Å². The molecule has 0 saturated carbocycles. The Labute approximate surface area is 122 Å². The van der Waals surface area contributed by atoms with Crippen LogP contribution in [0, 0.1) is 6.92 Å². The SMILES string of the molecule is Cc1ccc2nc(CCl)n(CCNC(=O)N(C)C)c2n1. The number of nitrogens with one attached hydrogen (secondary N) is 1. The van der Waals surface area contributed by atoms with Gasteiger partial charge in [0.2, 0.25) is 0 Å². The zero-order valence-corrected chi connectivity index (χ0v) is 12.6. The Morgan fingerprint density at radius 1 is 1.40 bits per heavy atom. The molecule has 6 nitrogen and oxygen atoms in total. The van der Waals surface area contributed by atoms with Crippen LogP contribution >= 0.6 is 11.6 Å². The first-order chi connectivity index (χ1) is 9.52. The van der Waals surface area contributed by atoms with Crippen LogP contribution < -0.4 is 5.32 Å². The summed E-state index contributed by atoms with van der Waals surface area (Å²) in [6.45, 7) is 3.03. The van der Waals surface area contributed by atoms with E-state index in [2.05, 4.69) is 15.3 Å². The largest absolute Gasteiger partial charge is 0.336 e. The monoisotopic (exact) mass is 295 g/mol. The lowest BCUT2D eigenvalue weighted by Crippen LogP contribution is -2.36. The molecule has 2 amide bonds. The maximum Gasteiger partial charge on any atom is 0.316 e. The Hall–Kier alpha value is -1.82. The van der Waals surface area contributed by atoms with Gasteiger partial charge >= 0.3 is 6.03 Å². The molecule has 7 heteroatoms. The molecule has 2 heterocycles. The first-order valence-electron chi connectivity index (χ1n) is 6.37. The van der Waals surface area contributed by atoms with Crippen molar-refractivity contribution in [3.05, 3.63) is 23.7 Å². The van der Waals surface area contributed by atoms with Crippen molar-refractivity contribution >= 4 is 28.8 Å². The van der Waals surface area contributed by atoms with Gasteiger partial charge in [-0.1, -0.05) is 0 Å². The average molecular weight is 296 g/mol. The maximum atomic E-state index is 11.5. The third-order valence-corrected chi connectivity index (χ3v) is 3.19. The topological polar surface area (TPSA) is 63.1 Å². The summed E-state index contributed by atoms with van der Waals surface area (Å²) in [6.07, 6.45) is 0. The lowest BCUT2D eigenvalue weighted by Gasteiger charge is -2.13. The first kappa shape index (κ1) is 14.6. The third-order valence-electron chi connectivity index (χ3n) is 2.95. The van der Waals surface area contributed by atoms with Crippen LogP contribution in [0.3, 0.4) is 0 Å². The molecule has 0 atom stereocenters. The number of imidazole rings is 1. The summed E-state index contributed by atoms with van der Waals surface area (Å²) in [7, 11) is 3.41. The Balaban J connectivity index is 2.19. The summed E-state index contributed by atoms with van der Waals surface area (Å²) in [6, 6.07) is 3.74. The smallest absolute Gasteiger partial charge is 0.316 e. The average Bonchev–Trinajstić information content (AvgIpc) is 2.76. The molecule has 0 aromatic carbocycles. The van der Waals surface area contributed by atoms with Gasteiger partial charge < -0.3 is 14.8 Å². The summed E-state index contributed by atoms with van der Waals surface area (Å²) < 4.78 is 1.95. The van der Waals surface area contributed by atoms with E-state index in [-0.39, 0.29) is 6.03 Å². The van der Waals surface area contributed by atoms with Crippen LogP contribution in [0.4, 0.5) is 4.79 Å². The Kier molecular flexibility index (Phi) is 4.44. The van der Waals surface area contributed by atoms with Gasteiger partial charge in [0.05, 0.1) is 5.88 Å². The molecule has 2 aromatic rings. The van der Waals surface area contributed by atoms with Gasteiger partial charge in [0.25, 0.3) is 0 Å². The molecule has 0 saturated heterocycles. The summed E-state index contributed by atoms with van der Waals surface area (Å²) in [5.74, 6) is 1.08. The van der Waals surface area contributed by atoms with Crippen LogP contribution in [0.1, 0.15) is 11.5 Å². The van der Waals surface area contributed by atoms with Crippen LogP contribution in [0.5, 0.6) is 0 Å². The molecule has 2 aromatic heterocycles. The number of nitrogens with zero attached hydrogens (tertiary/aromatic N) is 4. The van der Waals surface area contributed by atoms with Crippen molar-refractivity contribution in [2.24, 2.45) is 0 Å². The van der Waals surface area contributed by atoms with E-state index in [1.54, 1.807) is 14.1 Å². The highest BCUT2D eigenvalue weighted by molar-refractivity contribution is 6.16. The van der Waals surface area contributed by atoms with Crippen molar-refractivity contribution in [3.63, 3.8) is 0 Å². The molecule has 108 valence electrons. The van der Waals surface area contributed by atoms with Crippen molar-refractivity contribution in [1.29, 1.82) is 0 Å². The van der Waals surface area contributed by atoms with E-state index >= 15 is 0 Å². The van der Waals surface area contributed by atoms with Gasteiger partial charge in [-0.15, -0.1) is 11.6 Å². The molecule has 1 N–H and O–H groups in total. The van der Waals surface area contributed by atoms with E-state index in [4.69, 9.17) is 11.6 Å². The lowest BCUT2D eigenvalue weighted by molar-refractivity contribution is 0.217. The zero-order chi connectivity index (χ0) is 14.7. The Morgan fingerprint density at radius 3 is 2.80 bits per heavy atom. The summed E-state index contributed by atoms with van der Waals surface area (Å²) in [5.41, 5.74) is 2.56. The normalized spacial score (nSPS) is 10.8. The quantitative estimate of drug-likeness (QED) is 0.874. The summed E-state index contributed by atoms with van der Waals surface area (Å²) in [4.78, 5) is 21.9. The van der Waals surface area contributed by atoms with Gasteiger partial charge in [0.15, 0.2) is 5.65 Å². The fraction of sp³-hybridized carbons (Fsp3) is 0.462. The molecule has 0 fully saturated rings. The fourth-order valence-corrected chi connectivity index (χ4v) is 2.12. The predicted octanol–water partition coefficient (Wildman–Crippen LogP) is 1.75. The Morgan fingerprint density at radius 2 is 2.15 bits per heavy atom. The highest BCUT2D eigenvalue weighted by atomic mass is 35.5. The molecule has 0 spiro atoms. The summed E-state index contributed by atoms with van der Waals surface area (Å²) in [5, 5.41) is 2.82. The molecule has 0 radical (unpaired) electrons. The van der Waals surface area contributed by atoms with E-state index < -0.39 is 0 Å². The maximum absolute atomic E-state index is 11.5. The number of pyridine rings is 1. The number of rotatable bonds is 4. The number of amides is 2. The van der Waals surface area contributed by atoms with Gasteiger partial charge in [-0.3, -0.25) is 0 Å². The predicted molar refractivity (Wildman–Crippen MR) is 78.9 cm³/mol. The molecule has 0 unspecified atom stereocenters. The van der Waals surface area contributed by atoms with Crippen molar-refractivity contribution in [3.8, 4) is 0 Å². The zero-order valence-electron chi connectivity index (χ0n) is 11.9. The number of urea groups is 1. The van der Waals surface area contributed by atoms with Crippen molar-refractivity contribution < 1.29 is 4.79 Å². The van der Waals surface area contributed by atoms with Gasteiger partial charge in [-0.05, 0) is 19.1 Å². The molecule has 0 aliphatic carbocycles. The minimum absolute atomic E-state index is 0.119. The second-order valence-corrected chi connectivity index (χ2v) is 5.00. The molecule has 0 aliphatic rings. The summed E-state index contributed by atoms with van der Waals surface area (Å²) >= 11 is 5.93. The highest BCUT2D eigenvalue weighted by Gasteiger charge is 2.11. The van der Waals surface area contributed by atoms with Crippen molar-refractivity contribution in [2.75, 3.05) is 20.6 Å². The van der Waals surface area contributed by atoms with Gasteiger partial charge in [0.1, 0.15) is 11.3 Å². The molecule has 20 heavy (non-hydrogen) atoms. The van der Waals surface area contributed by atoms with Crippen molar-refractivity contribution in [1.82, 2.24) is 24.8 Å². The third kappa shape index (κ3) is 3.01. The number of hydrogen-bond acceptors (Lipinski definition) is 3. The number of aryl methyl sites for hydroxylation is 1. The number of carbonyl (C=O) groups is 1. The van der Waals surface area contributed by atoms with Crippen LogP contribution in [-0.4, -0.2) is 46.1 Å².